The molecule has 3 heterocycles. The maximum absolute atomic E-state index is 12.5. The maximum atomic E-state index is 12.5. The molecule has 3 aromatic rings. The number of rotatable bonds is 1. The minimum atomic E-state index is -4.55. The zero-order valence-corrected chi connectivity index (χ0v) is 10.4. The molecule has 0 atom stereocenters. The average molecular weight is 300 g/mol. The van der Waals surface area contributed by atoms with E-state index >= 15 is 0 Å². The number of pyridine rings is 1. The lowest BCUT2D eigenvalue weighted by Crippen LogP contribution is -2.11. The third kappa shape index (κ3) is 2.18. The van der Waals surface area contributed by atoms with Crippen molar-refractivity contribution in [1.29, 1.82) is 0 Å². The Morgan fingerprint density at radius 2 is 1.95 bits per heavy atom. The molecule has 0 aliphatic carbocycles. The van der Waals surface area contributed by atoms with Crippen LogP contribution >= 0.6 is 11.6 Å². The normalized spacial score (nSPS) is 12.0. The van der Waals surface area contributed by atoms with E-state index in [4.69, 9.17) is 11.6 Å². The fourth-order valence-electron chi connectivity index (χ4n) is 1.67. The smallest absolute Gasteiger partial charge is 0.245 e. The van der Waals surface area contributed by atoms with Crippen LogP contribution in [0.15, 0.2) is 30.7 Å². The van der Waals surface area contributed by atoms with Gasteiger partial charge in [-0.3, -0.25) is 0 Å². The van der Waals surface area contributed by atoms with E-state index in [1.807, 2.05) is 0 Å². The van der Waals surface area contributed by atoms with Gasteiger partial charge in [0.05, 0.1) is 18.1 Å². The summed E-state index contributed by atoms with van der Waals surface area (Å²) in [6, 6.07) is 3.21. The minimum Gasteiger partial charge on any atom is -0.245 e. The van der Waals surface area contributed by atoms with E-state index in [-0.39, 0.29) is 10.9 Å². The molecule has 0 spiro atoms. The molecule has 0 radical (unpaired) electrons. The van der Waals surface area contributed by atoms with Crippen molar-refractivity contribution in [3.63, 3.8) is 0 Å². The molecular weight excluding hydrogens is 295 g/mol. The monoisotopic (exact) mass is 299 g/mol. The highest BCUT2D eigenvalue weighted by Gasteiger charge is 2.33. The summed E-state index contributed by atoms with van der Waals surface area (Å²) in [5, 5.41) is 3.98. The lowest BCUT2D eigenvalue weighted by molar-refractivity contribution is -0.141. The van der Waals surface area contributed by atoms with Crippen molar-refractivity contribution >= 4 is 17.4 Å². The van der Waals surface area contributed by atoms with Crippen molar-refractivity contribution in [3.8, 4) is 11.3 Å². The van der Waals surface area contributed by atoms with E-state index < -0.39 is 11.9 Å². The summed E-state index contributed by atoms with van der Waals surface area (Å²) in [5.74, 6) is -0.136. The van der Waals surface area contributed by atoms with Gasteiger partial charge in [0.25, 0.3) is 5.78 Å². The molecule has 0 saturated carbocycles. The van der Waals surface area contributed by atoms with Crippen molar-refractivity contribution in [2.45, 2.75) is 6.18 Å². The molecule has 9 heteroatoms. The molecule has 20 heavy (non-hydrogen) atoms. The van der Waals surface area contributed by atoms with E-state index in [1.165, 1.54) is 16.9 Å². The topological polar surface area (TPSA) is 56.0 Å². The van der Waals surface area contributed by atoms with E-state index in [1.54, 1.807) is 12.1 Å². The zero-order valence-electron chi connectivity index (χ0n) is 9.63. The summed E-state index contributed by atoms with van der Waals surface area (Å²) < 4.78 is 38.8. The molecule has 0 bridgehead atoms. The minimum absolute atomic E-state index is 0.136. The number of halogens is 4. The Kier molecular flexibility index (Phi) is 2.82. The van der Waals surface area contributed by atoms with Crippen molar-refractivity contribution in [1.82, 2.24) is 24.6 Å². The van der Waals surface area contributed by atoms with Gasteiger partial charge >= 0.3 is 6.18 Å². The quantitative estimate of drug-likeness (QED) is 0.648. The summed E-state index contributed by atoms with van der Waals surface area (Å²) >= 11 is 5.77. The Morgan fingerprint density at radius 1 is 1.15 bits per heavy atom. The second-order valence-electron chi connectivity index (χ2n) is 3.86. The molecule has 0 unspecified atom stereocenters. The van der Waals surface area contributed by atoms with Crippen LogP contribution in [-0.2, 0) is 6.18 Å². The first-order valence-corrected chi connectivity index (χ1v) is 5.73. The summed E-state index contributed by atoms with van der Waals surface area (Å²) in [6.07, 6.45) is -1.04. The molecule has 5 nitrogen and oxygen atoms in total. The van der Waals surface area contributed by atoms with Crippen LogP contribution in [-0.4, -0.2) is 24.6 Å². The van der Waals surface area contributed by atoms with Gasteiger partial charge in [0, 0.05) is 11.8 Å². The average Bonchev–Trinajstić information content (AvgIpc) is 2.80. The number of hydrogen-bond donors (Lipinski definition) is 0. The lowest BCUT2D eigenvalue weighted by atomic mass is 10.2. The van der Waals surface area contributed by atoms with Crippen LogP contribution in [0.1, 0.15) is 5.69 Å². The van der Waals surface area contributed by atoms with Gasteiger partial charge in [0.15, 0.2) is 5.69 Å². The summed E-state index contributed by atoms with van der Waals surface area (Å²) in [6.45, 7) is 0. The van der Waals surface area contributed by atoms with Gasteiger partial charge < -0.3 is 0 Å². The van der Waals surface area contributed by atoms with Crippen LogP contribution in [0, 0.1) is 0 Å². The van der Waals surface area contributed by atoms with Gasteiger partial charge in [-0.15, -0.1) is 0 Å². The van der Waals surface area contributed by atoms with Crippen LogP contribution < -0.4 is 0 Å². The third-order valence-electron chi connectivity index (χ3n) is 2.55. The molecule has 0 N–H and O–H groups in total. The fraction of sp³-hybridized carbons (Fsp3) is 0.0909. The zero-order chi connectivity index (χ0) is 14.3. The van der Waals surface area contributed by atoms with Crippen LogP contribution in [0.4, 0.5) is 13.2 Å². The van der Waals surface area contributed by atoms with Gasteiger partial charge in [0.1, 0.15) is 5.15 Å². The van der Waals surface area contributed by atoms with Crippen molar-refractivity contribution < 1.29 is 13.2 Å². The second kappa shape index (κ2) is 4.41. The summed E-state index contributed by atoms with van der Waals surface area (Å²) in [5.41, 5.74) is 0.0204. The molecule has 0 aliphatic rings. The maximum Gasteiger partial charge on any atom is 0.435 e. The number of fused-ring (bicyclic) bond motifs is 1. The first-order chi connectivity index (χ1) is 9.45. The standard InChI is InChI=1S/C11H5ClF3N5/c12-9-3-6(1-2-16-9)7-4-17-10-19-8(11(13,14)15)5-18-20(7)10/h1-5H. The Balaban J connectivity index is 2.15. The second-order valence-corrected chi connectivity index (χ2v) is 4.25. The Bertz CT molecular complexity index is 783. The van der Waals surface area contributed by atoms with Crippen LogP contribution in [0.3, 0.4) is 0 Å². The molecule has 0 aliphatic heterocycles. The summed E-state index contributed by atoms with van der Waals surface area (Å²) in [4.78, 5) is 11.1. The third-order valence-corrected chi connectivity index (χ3v) is 2.76. The van der Waals surface area contributed by atoms with E-state index in [0.717, 1.165) is 0 Å². The number of hydrogen-bond acceptors (Lipinski definition) is 4. The predicted octanol–water partition coefficient (Wildman–Crippen LogP) is 2.86. The number of alkyl halides is 3. The number of aromatic nitrogens is 5. The highest BCUT2D eigenvalue weighted by Crippen LogP contribution is 2.28. The van der Waals surface area contributed by atoms with Gasteiger partial charge in [-0.2, -0.15) is 22.8 Å². The molecule has 0 fully saturated rings. The summed E-state index contributed by atoms with van der Waals surface area (Å²) in [7, 11) is 0. The SMILES string of the molecule is FC(F)(F)c1cnn2c(-c3ccnc(Cl)c3)cnc2n1. The van der Waals surface area contributed by atoms with E-state index in [2.05, 4.69) is 20.1 Å². The fourth-order valence-corrected chi connectivity index (χ4v) is 1.84. The van der Waals surface area contributed by atoms with Crippen LogP contribution in [0.25, 0.3) is 17.0 Å². The Morgan fingerprint density at radius 3 is 2.65 bits per heavy atom. The van der Waals surface area contributed by atoms with Gasteiger partial charge in [-0.05, 0) is 12.1 Å². The molecular formula is C11H5ClF3N5. The number of imidazole rings is 1. The van der Waals surface area contributed by atoms with Gasteiger partial charge in [-0.1, -0.05) is 11.6 Å². The molecule has 102 valence electrons. The van der Waals surface area contributed by atoms with Crippen molar-refractivity contribution in [2.24, 2.45) is 0 Å². The van der Waals surface area contributed by atoms with Crippen LogP contribution in [0.5, 0.6) is 0 Å². The van der Waals surface area contributed by atoms with E-state index in [0.29, 0.717) is 17.5 Å². The predicted molar refractivity (Wildman–Crippen MR) is 64.0 cm³/mol. The molecule has 3 rings (SSSR count). The van der Waals surface area contributed by atoms with Crippen molar-refractivity contribution in [3.05, 3.63) is 41.6 Å². The molecule has 0 aromatic carbocycles. The molecule has 0 amide bonds. The van der Waals surface area contributed by atoms with Crippen molar-refractivity contribution in [2.75, 3.05) is 0 Å². The Hall–Kier alpha value is -2.22. The highest BCUT2D eigenvalue weighted by molar-refractivity contribution is 6.29. The largest absolute Gasteiger partial charge is 0.435 e. The highest BCUT2D eigenvalue weighted by atomic mass is 35.5. The molecule has 3 aromatic heterocycles. The van der Waals surface area contributed by atoms with Crippen LogP contribution in [0.2, 0.25) is 5.15 Å². The lowest BCUT2D eigenvalue weighted by Gasteiger charge is -2.05. The van der Waals surface area contributed by atoms with Gasteiger partial charge in [0.2, 0.25) is 0 Å². The van der Waals surface area contributed by atoms with E-state index in [9.17, 15) is 13.2 Å². The first-order valence-electron chi connectivity index (χ1n) is 5.35. The number of nitrogens with zero attached hydrogens (tertiary/aromatic N) is 5. The first kappa shape index (κ1) is 12.8. The van der Waals surface area contributed by atoms with Gasteiger partial charge in [-0.25, -0.2) is 15.0 Å². The molecule has 0 saturated heterocycles. The Labute approximate surface area is 115 Å².